The van der Waals surface area contributed by atoms with E-state index in [0.29, 0.717) is 24.8 Å². The second-order valence-corrected chi connectivity index (χ2v) is 5.03. The summed E-state index contributed by atoms with van der Waals surface area (Å²) in [5.74, 6) is -0.991. The highest BCUT2D eigenvalue weighted by atomic mass is 16.4. The minimum absolute atomic E-state index is 0.0686. The second kappa shape index (κ2) is 7.40. The number of nitrogens with zero attached hydrogens (tertiary/aromatic N) is 1. The van der Waals surface area contributed by atoms with Gasteiger partial charge in [0, 0.05) is 30.6 Å². The third-order valence-electron chi connectivity index (χ3n) is 3.34. The number of carboxylic acids is 1. The van der Waals surface area contributed by atoms with Gasteiger partial charge in [0.05, 0.1) is 5.52 Å². The van der Waals surface area contributed by atoms with Crippen molar-refractivity contribution in [1.29, 1.82) is 0 Å². The maximum absolute atomic E-state index is 11.9. The Balaban J connectivity index is 1.94. The molecule has 0 atom stereocenters. The standard InChI is InChI=1S/C16H18N2O4/c19-14-8-10-18(13-6-2-1-5-12(13)14)11-15(20)17-9-4-3-7-16(21)22/h1-2,5-6,8,10H,3-4,7,9,11H2,(H,17,20)(H,21,22). The van der Waals surface area contributed by atoms with Crippen molar-refractivity contribution in [2.24, 2.45) is 0 Å². The van der Waals surface area contributed by atoms with Crippen molar-refractivity contribution >= 4 is 22.8 Å². The predicted octanol–water partition coefficient (Wildman–Crippen LogP) is 1.37. The van der Waals surface area contributed by atoms with Gasteiger partial charge in [-0.2, -0.15) is 0 Å². The number of pyridine rings is 1. The van der Waals surface area contributed by atoms with Gasteiger partial charge >= 0.3 is 5.97 Å². The number of unbranched alkanes of at least 4 members (excludes halogenated alkanes) is 1. The smallest absolute Gasteiger partial charge is 0.303 e. The van der Waals surface area contributed by atoms with Crippen molar-refractivity contribution < 1.29 is 14.7 Å². The van der Waals surface area contributed by atoms with Crippen molar-refractivity contribution in [2.45, 2.75) is 25.8 Å². The lowest BCUT2D eigenvalue weighted by Crippen LogP contribution is -2.29. The number of para-hydroxylation sites is 1. The normalized spacial score (nSPS) is 10.5. The molecule has 2 aromatic rings. The summed E-state index contributed by atoms with van der Waals surface area (Å²) in [5.41, 5.74) is 0.650. The summed E-state index contributed by atoms with van der Waals surface area (Å²) < 4.78 is 1.73. The number of carbonyl (C=O) groups excluding carboxylic acids is 1. The van der Waals surface area contributed by atoms with Crippen LogP contribution in [0.15, 0.2) is 41.3 Å². The highest BCUT2D eigenvalue weighted by molar-refractivity contribution is 5.82. The summed E-state index contributed by atoms with van der Waals surface area (Å²) >= 11 is 0. The largest absolute Gasteiger partial charge is 0.481 e. The maximum atomic E-state index is 11.9. The van der Waals surface area contributed by atoms with Gasteiger partial charge in [-0.25, -0.2) is 0 Å². The van der Waals surface area contributed by atoms with Crippen LogP contribution in [0.1, 0.15) is 19.3 Å². The van der Waals surface area contributed by atoms with Crippen molar-refractivity contribution in [3.05, 3.63) is 46.8 Å². The molecule has 116 valence electrons. The lowest BCUT2D eigenvalue weighted by Gasteiger charge is -2.10. The average molecular weight is 302 g/mol. The summed E-state index contributed by atoms with van der Waals surface area (Å²) in [7, 11) is 0. The summed E-state index contributed by atoms with van der Waals surface area (Å²) in [5, 5.41) is 11.9. The first-order valence-electron chi connectivity index (χ1n) is 7.14. The third-order valence-corrected chi connectivity index (χ3v) is 3.34. The summed E-state index contributed by atoms with van der Waals surface area (Å²) in [6, 6.07) is 8.59. The van der Waals surface area contributed by atoms with E-state index in [1.807, 2.05) is 6.07 Å². The molecule has 1 amide bonds. The average Bonchev–Trinajstić information content (AvgIpc) is 2.50. The molecule has 1 aromatic carbocycles. The SMILES string of the molecule is O=C(O)CCCCNC(=O)Cn1ccc(=O)c2ccccc21. The Hall–Kier alpha value is -2.63. The number of amides is 1. The number of hydrogen-bond acceptors (Lipinski definition) is 3. The molecular formula is C16H18N2O4. The van der Waals surface area contributed by atoms with E-state index in [4.69, 9.17) is 5.11 Å². The molecule has 0 radical (unpaired) electrons. The first-order valence-corrected chi connectivity index (χ1v) is 7.14. The fourth-order valence-electron chi connectivity index (χ4n) is 2.24. The van der Waals surface area contributed by atoms with Crippen LogP contribution in [0.5, 0.6) is 0 Å². The van der Waals surface area contributed by atoms with Crippen molar-refractivity contribution in [2.75, 3.05) is 6.54 Å². The lowest BCUT2D eigenvalue weighted by atomic mass is 10.2. The summed E-state index contributed by atoms with van der Waals surface area (Å²) in [6.07, 6.45) is 2.88. The number of carboxylic acid groups (broad SMARTS) is 1. The van der Waals surface area contributed by atoms with Gasteiger partial charge in [0.1, 0.15) is 6.54 Å². The number of carbonyl (C=O) groups is 2. The van der Waals surface area contributed by atoms with E-state index in [0.717, 1.165) is 5.52 Å². The second-order valence-electron chi connectivity index (χ2n) is 5.03. The van der Waals surface area contributed by atoms with Crippen molar-refractivity contribution in [3.8, 4) is 0 Å². The molecule has 0 saturated heterocycles. The number of nitrogens with one attached hydrogen (secondary N) is 1. The summed E-state index contributed by atoms with van der Waals surface area (Å²) in [6.45, 7) is 0.573. The lowest BCUT2D eigenvalue weighted by molar-refractivity contribution is -0.137. The zero-order valence-corrected chi connectivity index (χ0v) is 12.1. The molecular weight excluding hydrogens is 284 g/mol. The fourth-order valence-corrected chi connectivity index (χ4v) is 2.24. The van der Waals surface area contributed by atoms with Crippen LogP contribution in [0.3, 0.4) is 0 Å². The highest BCUT2D eigenvalue weighted by Gasteiger charge is 2.06. The highest BCUT2D eigenvalue weighted by Crippen LogP contribution is 2.09. The van der Waals surface area contributed by atoms with Crippen LogP contribution in [0.4, 0.5) is 0 Å². The molecule has 0 spiro atoms. The van der Waals surface area contributed by atoms with E-state index in [1.165, 1.54) is 6.07 Å². The Labute approximate surface area is 127 Å². The first-order chi connectivity index (χ1) is 10.6. The van der Waals surface area contributed by atoms with Crippen LogP contribution >= 0.6 is 0 Å². The van der Waals surface area contributed by atoms with E-state index in [-0.39, 0.29) is 24.3 Å². The van der Waals surface area contributed by atoms with E-state index in [9.17, 15) is 14.4 Å². The third kappa shape index (κ3) is 4.18. The van der Waals surface area contributed by atoms with Gasteiger partial charge in [-0.15, -0.1) is 0 Å². The van der Waals surface area contributed by atoms with Gasteiger partial charge in [-0.05, 0) is 25.0 Å². The molecule has 0 aliphatic heterocycles. The zero-order valence-electron chi connectivity index (χ0n) is 12.1. The molecule has 22 heavy (non-hydrogen) atoms. The van der Waals surface area contributed by atoms with Crippen LogP contribution in [-0.4, -0.2) is 28.1 Å². The van der Waals surface area contributed by atoms with E-state index in [1.54, 1.807) is 29.0 Å². The molecule has 0 aliphatic rings. The Kier molecular flexibility index (Phi) is 5.30. The molecule has 2 rings (SSSR count). The minimum Gasteiger partial charge on any atom is -0.481 e. The topological polar surface area (TPSA) is 88.4 Å². The molecule has 0 bridgehead atoms. The van der Waals surface area contributed by atoms with Crippen LogP contribution in [0.2, 0.25) is 0 Å². The van der Waals surface area contributed by atoms with Gasteiger partial charge in [0.25, 0.3) is 0 Å². The van der Waals surface area contributed by atoms with E-state index < -0.39 is 5.97 Å². The van der Waals surface area contributed by atoms with Gasteiger partial charge in [0.15, 0.2) is 5.43 Å². The molecule has 0 fully saturated rings. The number of aliphatic carboxylic acids is 1. The Morgan fingerprint density at radius 1 is 1.14 bits per heavy atom. The molecule has 1 heterocycles. The van der Waals surface area contributed by atoms with Gasteiger partial charge in [-0.1, -0.05) is 12.1 Å². The van der Waals surface area contributed by atoms with Crippen LogP contribution in [-0.2, 0) is 16.1 Å². The van der Waals surface area contributed by atoms with E-state index >= 15 is 0 Å². The fraction of sp³-hybridized carbons (Fsp3) is 0.312. The molecule has 0 saturated carbocycles. The summed E-state index contributed by atoms with van der Waals surface area (Å²) in [4.78, 5) is 34.0. The van der Waals surface area contributed by atoms with Gasteiger partial charge in [-0.3, -0.25) is 14.4 Å². The Morgan fingerprint density at radius 3 is 2.68 bits per heavy atom. The van der Waals surface area contributed by atoms with E-state index in [2.05, 4.69) is 5.32 Å². The molecule has 0 aliphatic carbocycles. The number of aromatic nitrogens is 1. The van der Waals surface area contributed by atoms with Crippen molar-refractivity contribution in [3.63, 3.8) is 0 Å². The number of hydrogen-bond donors (Lipinski definition) is 2. The number of benzene rings is 1. The molecule has 0 unspecified atom stereocenters. The van der Waals surface area contributed by atoms with Crippen LogP contribution in [0, 0.1) is 0 Å². The van der Waals surface area contributed by atoms with Crippen LogP contribution in [0.25, 0.3) is 10.9 Å². The molecule has 1 aromatic heterocycles. The maximum Gasteiger partial charge on any atom is 0.303 e. The quantitative estimate of drug-likeness (QED) is 0.756. The number of fused-ring (bicyclic) bond motifs is 1. The van der Waals surface area contributed by atoms with Crippen molar-refractivity contribution in [1.82, 2.24) is 9.88 Å². The van der Waals surface area contributed by atoms with Gasteiger partial charge in [0.2, 0.25) is 5.91 Å². The monoisotopic (exact) mass is 302 g/mol. The zero-order chi connectivity index (χ0) is 15.9. The minimum atomic E-state index is -0.828. The van der Waals surface area contributed by atoms with Crippen LogP contribution < -0.4 is 10.7 Å². The van der Waals surface area contributed by atoms with Gasteiger partial charge < -0.3 is 15.0 Å². The number of rotatable bonds is 7. The first kappa shape index (κ1) is 15.8. The molecule has 6 heteroatoms. The Bertz CT molecular complexity index is 736. The predicted molar refractivity (Wildman–Crippen MR) is 82.7 cm³/mol. The molecule has 6 nitrogen and oxygen atoms in total. The molecule has 2 N–H and O–H groups in total. The Morgan fingerprint density at radius 2 is 1.91 bits per heavy atom.